The van der Waals surface area contributed by atoms with Crippen LogP contribution in [0.1, 0.15) is 113 Å². The average Bonchev–Trinajstić information content (AvgIpc) is 3.89. The van der Waals surface area contributed by atoms with Crippen LogP contribution in [0.5, 0.6) is 34.5 Å². The first kappa shape index (κ1) is 60.5. The van der Waals surface area contributed by atoms with Crippen molar-refractivity contribution < 1.29 is 62.9 Å². The van der Waals surface area contributed by atoms with Crippen LogP contribution in [0.4, 0.5) is 0 Å². The molecule has 2 aliphatic heterocycles. The van der Waals surface area contributed by atoms with E-state index >= 15 is 0 Å². The molecule has 0 amide bonds. The van der Waals surface area contributed by atoms with E-state index in [4.69, 9.17) is 48.6 Å². The van der Waals surface area contributed by atoms with Crippen LogP contribution in [0.2, 0.25) is 0 Å². The van der Waals surface area contributed by atoms with Crippen LogP contribution in [0, 0.1) is 23.2 Å². The van der Waals surface area contributed by atoms with E-state index in [1.165, 1.54) is 26.2 Å². The molecule has 2 aliphatic rings. The normalized spacial score (nSPS) is 16.4. The number of ether oxygens (including phenoxy) is 7. The quantitative estimate of drug-likeness (QED) is 0.0274. The van der Waals surface area contributed by atoms with E-state index in [0.717, 1.165) is 76.1 Å². The summed E-state index contributed by atoms with van der Waals surface area (Å²) in [5.41, 5.74) is 1.20. The van der Waals surface area contributed by atoms with Crippen molar-refractivity contribution in [1.29, 1.82) is 5.26 Å². The van der Waals surface area contributed by atoms with Gasteiger partial charge in [-0.1, -0.05) is 40.8 Å². The average molecular weight is 954 g/mol. The summed E-state index contributed by atoms with van der Waals surface area (Å²) >= 11 is 0. The Labute approximate surface area is 410 Å². The number of phenols is 1. The van der Waals surface area contributed by atoms with Crippen molar-refractivity contribution in [1.82, 2.24) is 0 Å². The summed E-state index contributed by atoms with van der Waals surface area (Å²) in [5, 5.41) is 35.9. The molecule has 4 aromatic carbocycles. The van der Waals surface area contributed by atoms with Crippen LogP contribution >= 0.6 is 0 Å². The minimum absolute atomic E-state index is 0. The maximum absolute atomic E-state index is 11.0. The van der Waals surface area contributed by atoms with E-state index in [1.807, 2.05) is 30.3 Å². The van der Waals surface area contributed by atoms with Gasteiger partial charge in [0.15, 0.2) is 17.3 Å². The molecular weight excluding hydrogens is 881 g/mol. The molecule has 4 atom stereocenters. The number of hydrogen-bond donors (Lipinski definition) is 3. The van der Waals surface area contributed by atoms with Gasteiger partial charge < -0.3 is 48.5 Å². The van der Waals surface area contributed by atoms with Crippen molar-refractivity contribution in [2.24, 2.45) is 11.8 Å². The Balaban J connectivity index is 0.000000668. The van der Waals surface area contributed by atoms with E-state index in [0.29, 0.717) is 73.3 Å². The maximum Gasteiger partial charge on any atom is 0.335 e. The number of allylic oxidation sites excluding steroid dienone is 1. The third-order valence-corrected chi connectivity index (χ3v) is 10.7. The molecule has 69 heavy (non-hydrogen) atoms. The molecule has 2 fully saturated rings. The molecule has 0 unspecified atom stereocenters. The molecule has 3 N–H and O–H groups in total. The van der Waals surface area contributed by atoms with Gasteiger partial charge in [-0.15, -0.1) is 0 Å². The third-order valence-electron chi connectivity index (χ3n) is 10.7. The SMILES string of the molecule is C.C.COc1cc(C=C(C#N)C(C)=O)ccc1O.C[C@@H]1CO[C@H]2[C@@H]1OC[C@@H]2C.O=C(O)c1ccc(OCCCCCCOc2cccc(OCCCCCCOc3ccc(C(=O)O)cc3)c2)cc1.[BH]. The molecule has 14 nitrogen and oxygen atoms in total. The largest absolute Gasteiger partial charge is 0.504 e. The molecule has 374 valence electrons. The van der Waals surface area contributed by atoms with E-state index in [1.54, 1.807) is 60.7 Å². The third kappa shape index (κ3) is 21.6. The molecule has 2 saturated heterocycles. The van der Waals surface area contributed by atoms with Gasteiger partial charge in [0.25, 0.3) is 0 Å². The number of phenolic OH excluding ortho intramolecular Hbond substituents is 1. The van der Waals surface area contributed by atoms with Gasteiger partial charge in [-0.05, 0) is 143 Å². The van der Waals surface area contributed by atoms with Gasteiger partial charge in [-0.3, -0.25) is 4.79 Å². The van der Waals surface area contributed by atoms with Crippen LogP contribution in [0.15, 0.2) is 96.6 Å². The first-order chi connectivity index (χ1) is 31.9. The second kappa shape index (κ2) is 33.1. The number of rotatable bonds is 23. The molecule has 2 radical (unpaired) electrons. The van der Waals surface area contributed by atoms with Crippen LogP contribution in [0.3, 0.4) is 0 Å². The van der Waals surface area contributed by atoms with Gasteiger partial charge in [0.1, 0.15) is 29.1 Å². The van der Waals surface area contributed by atoms with Gasteiger partial charge in [0.2, 0.25) is 0 Å². The smallest absolute Gasteiger partial charge is 0.335 e. The van der Waals surface area contributed by atoms with Gasteiger partial charge in [-0.25, -0.2) is 9.59 Å². The summed E-state index contributed by atoms with van der Waals surface area (Å²) in [7, 11) is 1.43. The number of unbranched alkanes of at least 4 members (excludes halogenated alkanes) is 6. The number of ketones is 1. The lowest BCUT2D eigenvalue weighted by molar-refractivity contribution is -0.113. The van der Waals surface area contributed by atoms with Crippen LogP contribution in [-0.2, 0) is 14.3 Å². The van der Waals surface area contributed by atoms with Crippen molar-refractivity contribution in [3.8, 4) is 40.6 Å². The number of carboxylic acids is 2. The number of nitriles is 1. The number of methoxy groups -OCH3 is 1. The van der Waals surface area contributed by atoms with Gasteiger partial charge >= 0.3 is 11.9 Å². The minimum atomic E-state index is -0.940. The zero-order valence-electron chi connectivity index (χ0n) is 39.0. The highest BCUT2D eigenvalue weighted by atomic mass is 16.6. The zero-order valence-corrected chi connectivity index (χ0v) is 39.0. The summed E-state index contributed by atoms with van der Waals surface area (Å²) < 4.78 is 39.1. The molecule has 6 rings (SSSR count). The fraction of sp³-hybridized carbons (Fsp3) is 0.444. The molecule has 2 heterocycles. The Morgan fingerprint density at radius 2 is 1.04 bits per heavy atom. The first-order valence-corrected chi connectivity index (χ1v) is 22.4. The molecule has 0 aromatic heterocycles. The van der Waals surface area contributed by atoms with E-state index in [2.05, 4.69) is 13.8 Å². The number of carbonyl (C=O) groups excluding carboxylic acids is 1. The Hall–Kier alpha value is -6.50. The molecule has 0 spiro atoms. The monoisotopic (exact) mass is 954 g/mol. The number of Topliss-reactive ketones (excluding diaryl/α,β-unsaturated/α-hetero) is 1. The van der Waals surface area contributed by atoms with Crippen molar-refractivity contribution in [2.75, 3.05) is 46.8 Å². The second-order valence-electron chi connectivity index (χ2n) is 16.1. The van der Waals surface area contributed by atoms with Crippen molar-refractivity contribution in [3.63, 3.8) is 0 Å². The predicted molar refractivity (Wildman–Crippen MR) is 270 cm³/mol. The Morgan fingerprint density at radius 1 is 0.638 bits per heavy atom. The fourth-order valence-electron chi connectivity index (χ4n) is 6.96. The van der Waals surface area contributed by atoms with E-state index in [9.17, 15) is 19.5 Å². The number of nitrogens with zero attached hydrogens (tertiary/aromatic N) is 1. The summed E-state index contributed by atoms with van der Waals surface area (Å²) in [5.74, 6) is 2.33. The van der Waals surface area contributed by atoms with Crippen LogP contribution in [0.25, 0.3) is 6.08 Å². The molecule has 0 bridgehead atoms. The maximum atomic E-state index is 11.0. The molecule has 0 saturated carbocycles. The number of aromatic carboxylic acids is 2. The molecule has 4 aromatic rings. The summed E-state index contributed by atoms with van der Waals surface area (Å²) in [6, 6.07) is 27.0. The predicted octanol–water partition coefficient (Wildman–Crippen LogP) is 10.7. The number of carbonyl (C=O) groups is 3. The number of hydrogen-bond acceptors (Lipinski definition) is 12. The van der Waals surface area contributed by atoms with Crippen molar-refractivity contribution in [2.45, 2.75) is 99.2 Å². The van der Waals surface area contributed by atoms with Gasteiger partial charge in [0.05, 0.1) is 75.7 Å². The number of fused-ring (bicyclic) bond motifs is 1. The number of aromatic hydroxyl groups is 1. The summed E-state index contributed by atoms with van der Waals surface area (Å²) in [6.45, 7) is 9.99. The van der Waals surface area contributed by atoms with Crippen molar-refractivity contribution >= 4 is 32.2 Å². The van der Waals surface area contributed by atoms with Crippen LogP contribution < -0.4 is 23.7 Å². The number of carboxylic acid groups (broad SMARTS) is 2. The van der Waals surface area contributed by atoms with Gasteiger partial charge in [-0.2, -0.15) is 5.26 Å². The molecular formula is C54H72BNO13. The molecule has 15 heteroatoms. The number of benzene rings is 4. The Bertz CT molecular complexity index is 2090. The van der Waals surface area contributed by atoms with Crippen LogP contribution in [-0.4, -0.2) is 100 Å². The van der Waals surface area contributed by atoms with E-state index < -0.39 is 11.9 Å². The zero-order chi connectivity index (χ0) is 47.7. The lowest BCUT2D eigenvalue weighted by atomic mass is 9.99. The highest BCUT2D eigenvalue weighted by Gasteiger charge is 2.43. The Kier molecular flexibility index (Phi) is 29.0. The van der Waals surface area contributed by atoms with Gasteiger partial charge in [0, 0.05) is 26.3 Å². The standard InChI is InChI=1S/C32H38O8.C12H11NO3.C8H14O2.2CH4.BH/c33-31(34)25-12-16-27(17-13-25)37-20-5-1-3-7-22-39-29-10-9-11-30(24-29)40-23-8-4-2-6-21-38-28-18-14-26(15-19-28)32(35)36;1-8(14)10(7-13)5-9-3-4-11(15)12(6-9)16-2;1-5-3-9-8-6(2)4-10-7(5)8;;;/h9-19,24H,1-8,20-23H2,(H,33,34)(H,35,36);3-6,15H,1-2H3;5-8H,3-4H2,1-2H3;2*1H4;1H/t;;5-,6+,7-,8-;;;/m..1.../s1. The summed E-state index contributed by atoms with van der Waals surface area (Å²) in [6.07, 6.45) is 10.2. The lowest BCUT2D eigenvalue weighted by Gasteiger charge is -2.10. The summed E-state index contributed by atoms with van der Waals surface area (Å²) in [4.78, 5) is 32.8. The first-order valence-electron chi connectivity index (χ1n) is 22.4. The Morgan fingerprint density at radius 3 is 1.41 bits per heavy atom. The minimum Gasteiger partial charge on any atom is -0.504 e. The second-order valence-corrected chi connectivity index (χ2v) is 16.1. The fourth-order valence-corrected chi connectivity index (χ4v) is 6.96. The lowest BCUT2D eigenvalue weighted by Crippen LogP contribution is -2.23. The van der Waals surface area contributed by atoms with Crippen molar-refractivity contribution in [3.05, 3.63) is 113 Å². The highest BCUT2D eigenvalue weighted by Crippen LogP contribution is 2.34. The molecule has 0 aliphatic carbocycles. The topological polar surface area (TPSA) is 200 Å². The highest BCUT2D eigenvalue weighted by molar-refractivity contribution is 6.01. The van der Waals surface area contributed by atoms with E-state index in [-0.39, 0.29) is 51.5 Å².